The van der Waals surface area contributed by atoms with Gasteiger partial charge in [0.1, 0.15) is 11.4 Å². The summed E-state index contributed by atoms with van der Waals surface area (Å²) in [4.78, 5) is 15.6. The number of hydrogen-bond acceptors (Lipinski definition) is 6. The van der Waals surface area contributed by atoms with Crippen LogP contribution in [0.3, 0.4) is 0 Å². The predicted octanol–water partition coefficient (Wildman–Crippen LogP) is 3.00. The number of benzene rings is 1. The molecule has 142 valence electrons. The van der Waals surface area contributed by atoms with E-state index in [0.717, 1.165) is 54.0 Å². The summed E-state index contributed by atoms with van der Waals surface area (Å²) < 4.78 is 7.14. The van der Waals surface area contributed by atoms with Crippen molar-refractivity contribution < 1.29 is 14.3 Å². The van der Waals surface area contributed by atoms with Gasteiger partial charge in [-0.3, -0.25) is 0 Å². The standard InChI is InChI=1S/C20H19N5O3/c26-20(27)17-9-13-8-12(3-4-16(13)28-17)15-11-22-19-6-5-18(24-25(15)19)23-14-2-1-7-21-10-14/h3-6,8-9,11,14,21H,1-2,7,10H2,(H,23,24)(H,26,27). The van der Waals surface area contributed by atoms with Crippen molar-refractivity contribution >= 4 is 28.4 Å². The summed E-state index contributed by atoms with van der Waals surface area (Å²) in [5.74, 6) is -0.351. The molecule has 28 heavy (non-hydrogen) atoms. The van der Waals surface area contributed by atoms with Gasteiger partial charge in [0.25, 0.3) is 0 Å². The number of furan rings is 1. The molecule has 1 aromatic carbocycles. The molecule has 0 saturated carbocycles. The topological polar surface area (TPSA) is 105 Å². The minimum atomic E-state index is -1.08. The monoisotopic (exact) mass is 377 g/mol. The number of carboxylic acid groups (broad SMARTS) is 1. The first-order valence-electron chi connectivity index (χ1n) is 9.27. The zero-order valence-corrected chi connectivity index (χ0v) is 15.1. The summed E-state index contributed by atoms with van der Waals surface area (Å²) in [5.41, 5.74) is 3.01. The molecule has 3 N–H and O–H groups in total. The van der Waals surface area contributed by atoms with Crippen molar-refractivity contribution in [3.63, 3.8) is 0 Å². The number of carboxylic acids is 1. The van der Waals surface area contributed by atoms with Gasteiger partial charge >= 0.3 is 5.97 Å². The number of fused-ring (bicyclic) bond motifs is 2. The highest BCUT2D eigenvalue weighted by Crippen LogP contribution is 2.27. The Kier molecular flexibility index (Phi) is 3.98. The van der Waals surface area contributed by atoms with Crippen LogP contribution in [0, 0.1) is 0 Å². The SMILES string of the molecule is O=C(O)c1cc2cc(-c3cnc4ccc(NC5CCCNC5)nn34)ccc2o1. The maximum atomic E-state index is 11.1. The molecule has 1 atom stereocenters. The fraction of sp³-hybridized carbons (Fsp3) is 0.250. The van der Waals surface area contributed by atoms with Crippen molar-refractivity contribution in [2.75, 3.05) is 18.4 Å². The lowest BCUT2D eigenvalue weighted by Gasteiger charge is -2.24. The third kappa shape index (κ3) is 2.97. The van der Waals surface area contributed by atoms with Crippen molar-refractivity contribution in [3.05, 3.63) is 48.4 Å². The van der Waals surface area contributed by atoms with E-state index < -0.39 is 5.97 Å². The summed E-state index contributed by atoms with van der Waals surface area (Å²) in [6.07, 6.45) is 4.04. The van der Waals surface area contributed by atoms with Crippen LogP contribution in [0.4, 0.5) is 5.82 Å². The van der Waals surface area contributed by atoms with E-state index >= 15 is 0 Å². The maximum absolute atomic E-state index is 11.1. The van der Waals surface area contributed by atoms with Crippen molar-refractivity contribution in [2.45, 2.75) is 18.9 Å². The fourth-order valence-corrected chi connectivity index (χ4v) is 3.64. The molecule has 0 amide bonds. The number of imidazole rings is 1. The number of anilines is 1. The third-order valence-electron chi connectivity index (χ3n) is 5.03. The fourth-order valence-electron chi connectivity index (χ4n) is 3.64. The van der Waals surface area contributed by atoms with Gasteiger partial charge in [0.2, 0.25) is 5.76 Å². The number of rotatable bonds is 4. The summed E-state index contributed by atoms with van der Waals surface area (Å²) in [7, 11) is 0. The molecule has 0 spiro atoms. The number of hydrogen-bond donors (Lipinski definition) is 3. The molecule has 0 aliphatic carbocycles. The van der Waals surface area contributed by atoms with Gasteiger partial charge in [-0.05, 0) is 55.8 Å². The molecule has 3 aromatic heterocycles. The molecule has 8 heteroatoms. The summed E-state index contributed by atoms with van der Waals surface area (Å²) in [6.45, 7) is 2.00. The van der Waals surface area contributed by atoms with Crippen LogP contribution in [0.5, 0.6) is 0 Å². The molecule has 4 heterocycles. The number of nitrogens with one attached hydrogen (secondary N) is 2. The highest BCUT2D eigenvalue weighted by Gasteiger charge is 2.15. The first-order chi connectivity index (χ1) is 13.7. The van der Waals surface area contributed by atoms with Crippen molar-refractivity contribution in [3.8, 4) is 11.3 Å². The van der Waals surface area contributed by atoms with Gasteiger partial charge < -0.3 is 20.2 Å². The van der Waals surface area contributed by atoms with E-state index in [1.165, 1.54) is 6.07 Å². The summed E-state index contributed by atoms with van der Waals surface area (Å²) in [6, 6.07) is 11.3. The Balaban J connectivity index is 1.52. The molecule has 0 bridgehead atoms. The molecule has 1 fully saturated rings. The van der Waals surface area contributed by atoms with Gasteiger partial charge in [0, 0.05) is 23.5 Å². The van der Waals surface area contributed by atoms with Gasteiger partial charge in [-0.2, -0.15) is 0 Å². The van der Waals surface area contributed by atoms with Crippen LogP contribution in [0.25, 0.3) is 27.9 Å². The van der Waals surface area contributed by atoms with Crippen LogP contribution in [0.1, 0.15) is 23.4 Å². The second kappa shape index (κ2) is 6.65. The maximum Gasteiger partial charge on any atom is 0.371 e. The second-order valence-corrected chi connectivity index (χ2v) is 6.99. The Hall–Kier alpha value is -3.39. The quantitative estimate of drug-likeness (QED) is 0.502. The first kappa shape index (κ1) is 16.8. The molecule has 5 rings (SSSR count). The Morgan fingerprint density at radius 2 is 2.21 bits per heavy atom. The van der Waals surface area contributed by atoms with Crippen LogP contribution in [0.15, 0.2) is 47.0 Å². The van der Waals surface area contributed by atoms with E-state index in [-0.39, 0.29) is 5.76 Å². The van der Waals surface area contributed by atoms with Gasteiger partial charge in [0.05, 0.1) is 11.9 Å². The van der Waals surface area contributed by atoms with Gasteiger partial charge in [0.15, 0.2) is 5.65 Å². The smallest absolute Gasteiger partial charge is 0.371 e. The zero-order chi connectivity index (χ0) is 19.1. The number of carbonyl (C=O) groups is 1. The molecule has 1 aliphatic heterocycles. The number of aromatic carboxylic acids is 1. The van der Waals surface area contributed by atoms with E-state index in [9.17, 15) is 4.79 Å². The summed E-state index contributed by atoms with van der Waals surface area (Å²) >= 11 is 0. The molecule has 0 radical (unpaired) electrons. The highest BCUT2D eigenvalue weighted by atomic mass is 16.4. The second-order valence-electron chi connectivity index (χ2n) is 6.99. The molecule has 4 aromatic rings. The van der Waals surface area contributed by atoms with E-state index in [0.29, 0.717) is 11.6 Å². The van der Waals surface area contributed by atoms with Gasteiger partial charge in [-0.25, -0.2) is 14.3 Å². The normalized spacial score (nSPS) is 17.2. The molecular formula is C20H19N5O3. The van der Waals surface area contributed by atoms with Crippen LogP contribution in [0.2, 0.25) is 0 Å². The number of aromatic nitrogens is 3. The Morgan fingerprint density at radius 3 is 3.04 bits per heavy atom. The van der Waals surface area contributed by atoms with Crippen LogP contribution < -0.4 is 10.6 Å². The van der Waals surface area contributed by atoms with Crippen LogP contribution in [-0.2, 0) is 0 Å². The van der Waals surface area contributed by atoms with E-state index in [1.54, 1.807) is 16.8 Å². The Bertz CT molecular complexity index is 1170. The lowest BCUT2D eigenvalue weighted by atomic mass is 10.1. The van der Waals surface area contributed by atoms with E-state index in [4.69, 9.17) is 14.6 Å². The molecule has 8 nitrogen and oxygen atoms in total. The Labute approximate surface area is 160 Å². The largest absolute Gasteiger partial charge is 0.475 e. The summed E-state index contributed by atoms with van der Waals surface area (Å²) in [5, 5.41) is 21.4. The molecule has 1 saturated heterocycles. The Morgan fingerprint density at radius 1 is 1.29 bits per heavy atom. The lowest BCUT2D eigenvalue weighted by Crippen LogP contribution is -2.38. The van der Waals surface area contributed by atoms with Crippen LogP contribution in [-0.4, -0.2) is 44.8 Å². The average molecular weight is 377 g/mol. The van der Waals surface area contributed by atoms with Crippen molar-refractivity contribution in [1.82, 2.24) is 19.9 Å². The third-order valence-corrected chi connectivity index (χ3v) is 5.03. The van der Waals surface area contributed by atoms with E-state index in [1.807, 2.05) is 24.3 Å². The number of nitrogens with zero attached hydrogens (tertiary/aromatic N) is 3. The lowest BCUT2D eigenvalue weighted by molar-refractivity contribution is 0.0665. The van der Waals surface area contributed by atoms with Crippen molar-refractivity contribution in [2.24, 2.45) is 0 Å². The minimum absolute atomic E-state index is 0.0732. The van der Waals surface area contributed by atoms with Gasteiger partial charge in [-0.15, -0.1) is 5.10 Å². The van der Waals surface area contributed by atoms with Gasteiger partial charge in [-0.1, -0.05) is 0 Å². The molecule has 1 aliphatic rings. The van der Waals surface area contributed by atoms with Crippen LogP contribution >= 0.6 is 0 Å². The molecule has 1 unspecified atom stereocenters. The van der Waals surface area contributed by atoms with Crippen molar-refractivity contribution in [1.29, 1.82) is 0 Å². The first-order valence-corrected chi connectivity index (χ1v) is 9.27. The minimum Gasteiger partial charge on any atom is -0.475 e. The number of piperidine rings is 1. The highest BCUT2D eigenvalue weighted by molar-refractivity contribution is 5.92. The van der Waals surface area contributed by atoms with E-state index in [2.05, 4.69) is 15.6 Å². The zero-order valence-electron chi connectivity index (χ0n) is 15.1. The predicted molar refractivity (Wildman–Crippen MR) is 105 cm³/mol. The molecular weight excluding hydrogens is 358 g/mol. The average Bonchev–Trinajstić information content (AvgIpc) is 3.32.